The summed E-state index contributed by atoms with van der Waals surface area (Å²) in [6.45, 7) is 6.08. The summed E-state index contributed by atoms with van der Waals surface area (Å²) in [6.07, 6.45) is 3.05. The number of hydrogen-bond donors (Lipinski definition) is 1. The van der Waals surface area contributed by atoms with Gasteiger partial charge in [-0.3, -0.25) is 4.79 Å². The molecule has 0 aliphatic carbocycles. The summed E-state index contributed by atoms with van der Waals surface area (Å²) < 4.78 is 0. The van der Waals surface area contributed by atoms with Gasteiger partial charge in [-0.15, -0.1) is 0 Å². The highest BCUT2D eigenvalue weighted by atomic mass is 32.2. The molecule has 0 heterocycles. The Morgan fingerprint density at radius 1 is 1.35 bits per heavy atom. The molecule has 1 aromatic carbocycles. The Morgan fingerprint density at radius 3 is 2.35 bits per heavy atom. The van der Waals surface area contributed by atoms with E-state index in [9.17, 15) is 4.79 Å². The number of hydrogen-bond acceptors (Lipinski definition) is 3. The Bertz CT molecular complexity index is 442. The second kappa shape index (κ2) is 7.02. The van der Waals surface area contributed by atoms with E-state index in [1.54, 1.807) is 11.8 Å². The van der Waals surface area contributed by atoms with Crippen molar-refractivity contribution in [2.45, 2.75) is 38.6 Å². The third-order valence-electron chi connectivity index (χ3n) is 3.87. The number of carbonyl (C=O) groups excluding carboxylic acids is 1. The molecule has 1 unspecified atom stereocenters. The highest BCUT2D eigenvalue weighted by Gasteiger charge is 2.34. The third-order valence-corrected chi connectivity index (χ3v) is 4.58. The molecule has 112 valence electrons. The predicted molar refractivity (Wildman–Crippen MR) is 89.1 cm³/mol. The molecule has 0 aliphatic rings. The SMILES string of the molecule is CCC(CSC)N(C)C(=O)C(C)(C)c1ccc(N)cc1. The number of nitrogen functional groups attached to an aromatic ring is 1. The predicted octanol–water partition coefficient (Wildman–Crippen LogP) is 3.15. The topological polar surface area (TPSA) is 46.3 Å². The standard InChI is InChI=1S/C16H26N2OS/c1-6-14(11-20-5)18(4)15(19)16(2,3)12-7-9-13(17)10-8-12/h7-10,14H,6,11,17H2,1-5H3. The van der Waals surface area contributed by atoms with Crippen molar-refractivity contribution in [3.05, 3.63) is 29.8 Å². The van der Waals surface area contributed by atoms with Crippen LogP contribution in [0.25, 0.3) is 0 Å². The van der Waals surface area contributed by atoms with Gasteiger partial charge in [0, 0.05) is 24.5 Å². The minimum atomic E-state index is -0.533. The molecule has 0 saturated heterocycles. The summed E-state index contributed by atoms with van der Waals surface area (Å²) in [7, 11) is 1.91. The van der Waals surface area contributed by atoms with Crippen LogP contribution >= 0.6 is 11.8 Å². The van der Waals surface area contributed by atoms with E-state index in [-0.39, 0.29) is 11.9 Å². The fourth-order valence-corrected chi connectivity index (χ4v) is 3.17. The second-order valence-electron chi connectivity index (χ2n) is 5.68. The number of carbonyl (C=O) groups is 1. The van der Waals surface area contributed by atoms with Crippen LogP contribution in [0.5, 0.6) is 0 Å². The van der Waals surface area contributed by atoms with Gasteiger partial charge >= 0.3 is 0 Å². The molecule has 0 spiro atoms. The van der Waals surface area contributed by atoms with Crippen molar-refractivity contribution in [1.82, 2.24) is 4.90 Å². The molecule has 2 N–H and O–H groups in total. The molecule has 4 heteroatoms. The van der Waals surface area contributed by atoms with Crippen LogP contribution in [-0.4, -0.2) is 35.9 Å². The van der Waals surface area contributed by atoms with Crippen molar-refractivity contribution in [2.24, 2.45) is 0 Å². The Kier molecular flexibility index (Phi) is 5.93. The van der Waals surface area contributed by atoms with Gasteiger partial charge in [0.1, 0.15) is 0 Å². The minimum Gasteiger partial charge on any atom is -0.399 e. The van der Waals surface area contributed by atoms with Crippen LogP contribution in [0, 0.1) is 0 Å². The number of nitrogens with zero attached hydrogens (tertiary/aromatic N) is 1. The summed E-state index contributed by atoms with van der Waals surface area (Å²) in [5.41, 5.74) is 6.91. The van der Waals surface area contributed by atoms with Crippen molar-refractivity contribution in [2.75, 3.05) is 24.8 Å². The molecule has 1 aromatic rings. The van der Waals surface area contributed by atoms with Crippen LogP contribution in [0.2, 0.25) is 0 Å². The summed E-state index contributed by atoms with van der Waals surface area (Å²) >= 11 is 1.78. The van der Waals surface area contributed by atoms with Crippen LogP contribution in [-0.2, 0) is 10.2 Å². The van der Waals surface area contributed by atoms with Gasteiger partial charge in [0.25, 0.3) is 0 Å². The van der Waals surface area contributed by atoms with E-state index in [0.717, 1.165) is 23.4 Å². The van der Waals surface area contributed by atoms with Gasteiger partial charge in [0.15, 0.2) is 0 Å². The number of rotatable bonds is 6. The lowest BCUT2D eigenvalue weighted by Gasteiger charge is -2.34. The van der Waals surface area contributed by atoms with Crippen LogP contribution in [0.1, 0.15) is 32.8 Å². The fourth-order valence-electron chi connectivity index (χ4n) is 2.33. The van der Waals surface area contributed by atoms with Gasteiger partial charge in [-0.05, 0) is 44.2 Å². The second-order valence-corrected chi connectivity index (χ2v) is 6.59. The van der Waals surface area contributed by atoms with Crippen LogP contribution < -0.4 is 5.73 Å². The highest BCUT2D eigenvalue weighted by Crippen LogP contribution is 2.27. The summed E-state index contributed by atoms with van der Waals surface area (Å²) in [4.78, 5) is 14.7. The number of amides is 1. The van der Waals surface area contributed by atoms with Gasteiger partial charge in [0.05, 0.1) is 5.41 Å². The molecule has 0 radical (unpaired) electrons. The molecule has 1 atom stereocenters. The normalized spacial score (nSPS) is 13.1. The average molecular weight is 294 g/mol. The Labute approximate surface area is 126 Å². The lowest BCUT2D eigenvalue weighted by Crippen LogP contribution is -2.47. The van der Waals surface area contributed by atoms with Gasteiger partial charge in [-0.2, -0.15) is 11.8 Å². The lowest BCUT2D eigenvalue weighted by atomic mass is 9.83. The highest BCUT2D eigenvalue weighted by molar-refractivity contribution is 7.98. The average Bonchev–Trinajstić information content (AvgIpc) is 2.43. The summed E-state index contributed by atoms with van der Waals surface area (Å²) in [5.74, 6) is 1.12. The largest absolute Gasteiger partial charge is 0.399 e. The molecular formula is C16H26N2OS. The molecule has 0 bridgehead atoms. The monoisotopic (exact) mass is 294 g/mol. The molecular weight excluding hydrogens is 268 g/mol. The lowest BCUT2D eigenvalue weighted by molar-refractivity contribution is -0.136. The molecule has 0 fully saturated rings. The van der Waals surface area contributed by atoms with Gasteiger partial charge < -0.3 is 10.6 Å². The number of benzene rings is 1. The minimum absolute atomic E-state index is 0.156. The zero-order valence-corrected chi connectivity index (χ0v) is 14.0. The first kappa shape index (κ1) is 16.9. The maximum Gasteiger partial charge on any atom is 0.232 e. The smallest absolute Gasteiger partial charge is 0.232 e. The van der Waals surface area contributed by atoms with Crippen LogP contribution in [0.4, 0.5) is 5.69 Å². The Hall–Kier alpha value is -1.16. The van der Waals surface area contributed by atoms with Crippen LogP contribution in [0.3, 0.4) is 0 Å². The molecule has 20 heavy (non-hydrogen) atoms. The Balaban J connectivity index is 2.95. The maximum atomic E-state index is 12.8. The van der Waals surface area contributed by atoms with E-state index in [2.05, 4.69) is 13.2 Å². The van der Waals surface area contributed by atoms with E-state index in [0.29, 0.717) is 0 Å². The van der Waals surface area contributed by atoms with E-state index in [1.807, 2.05) is 50.1 Å². The van der Waals surface area contributed by atoms with E-state index >= 15 is 0 Å². The summed E-state index contributed by atoms with van der Waals surface area (Å²) in [6, 6.07) is 7.87. The van der Waals surface area contributed by atoms with Crippen LogP contribution in [0.15, 0.2) is 24.3 Å². The summed E-state index contributed by atoms with van der Waals surface area (Å²) in [5, 5.41) is 0. The number of anilines is 1. The van der Waals surface area contributed by atoms with Gasteiger partial charge in [-0.25, -0.2) is 0 Å². The van der Waals surface area contributed by atoms with Crippen molar-refractivity contribution in [1.29, 1.82) is 0 Å². The van der Waals surface area contributed by atoms with Gasteiger partial charge in [-0.1, -0.05) is 19.1 Å². The van der Waals surface area contributed by atoms with E-state index < -0.39 is 5.41 Å². The third kappa shape index (κ3) is 3.69. The molecule has 3 nitrogen and oxygen atoms in total. The first-order valence-electron chi connectivity index (χ1n) is 6.96. The van der Waals surface area contributed by atoms with E-state index in [1.165, 1.54) is 0 Å². The quantitative estimate of drug-likeness (QED) is 0.820. The van der Waals surface area contributed by atoms with Crippen molar-refractivity contribution in [3.8, 4) is 0 Å². The van der Waals surface area contributed by atoms with Gasteiger partial charge in [0.2, 0.25) is 5.91 Å². The van der Waals surface area contributed by atoms with Crippen molar-refractivity contribution in [3.63, 3.8) is 0 Å². The molecule has 1 amide bonds. The number of nitrogens with two attached hydrogens (primary N) is 1. The zero-order valence-electron chi connectivity index (χ0n) is 13.1. The number of thioether (sulfide) groups is 1. The van der Waals surface area contributed by atoms with E-state index in [4.69, 9.17) is 5.73 Å². The van der Waals surface area contributed by atoms with Crippen molar-refractivity contribution >= 4 is 23.4 Å². The maximum absolute atomic E-state index is 12.8. The molecule has 1 rings (SSSR count). The molecule has 0 aromatic heterocycles. The number of likely N-dealkylation sites (N-methyl/N-ethyl adjacent to an activating group) is 1. The first-order chi connectivity index (χ1) is 9.34. The first-order valence-corrected chi connectivity index (χ1v) is 8.36. The zero-order chi connectivity index (χ0) is 15.3. The fraction of sp³-hybridized carbons (Fsp3) is 0.562. The Morgan fingerprint density at radius 2 is 1.90 bits per heavy atom. The molecule has 0 aliphatic heterocycles. The van der Waals surface area contributed by atoms with Crippen molar-refractivity contribution < 1.29 is 4.79 Å². The molecule has 0 saturated carbocycles.